The highest BCUT2D eigenvalue weighted by molar-refractivity contribution is 7.51. The number of carbonyl (C=O) groups is 1. The first-order chi connectivity index (χ1) is 11.3. The van der Waals surface area contributed by atoms with Crippen molar-refractivity contribution in [3.05, 3.63) is 0 Å². The summed E-state index contributed by atoms with van der Waals surface area (Å²) in [5, 5.41) is 9.63. The second kappa shape index (κ2) is 15.0. The number of hydrogen-bond donors (Lipinski definition) is 4. The van der Waals surface area contributed by atoms with Crippen molar-refractivity contribution in [3.8, 4) is 0 Å². The van der Waals surface area contributed by atoms with E-state index >= 15 is 0 Å². The molecular weight excluding hydrogens is 357 g/mol. The van der Waals surface area contributed by atoms with Crippen molar-refractivity contribution in [3.63, 3.8) is 0 Å². The van der Waals surface area contributed by atoms with Gasteiger partial charge < -0.3 is 33.5 Å². The van der Waals surface area contributed by atoms with Crippen molar-refractivity contribution in [1.82, 2.24) is 5.32 Å². The van der Waals surface area contributed by atoms with Gasteiger partial charge in [-0.15, -0.1) is 0 Å². The first-order valence-electron chi connectivity index (χ1n) is 7.96. The van der Waals surface area contributed by atoms with Gasteiger partial charge >= 0.3 is 16.4 Å². The van der Waals surface area contributed by atoms with E-state index in [4.69, 9.17) is 28.2 Å². The Morgan fingerprint density at radius 2 is 1.50 bits per heavy atom. The van der Waals surface area contributed by atoms with Crippen LogP contribution in [0.1, 0.15) is 33.6 Å². The molecule has 0 radical (unpaired) electrons. The van der Waals surface area contributed by atoms with E-state index in [-0.39, 0.29) is 12.3 Å². The van der Waals surface area contributed by atoms with Gasteiger partial charge in [0.15, 0.2) is 0 Å². The lowest BCUT2D eigenvalue weighted by Crippen LogP contribution is -2.46. The summed E-state index contributed by atoms with van der Waals surface area (Å²) in [7, 11) is -5.82. The number of rotatable bonds is 13. The molecule has 0 rings (SSSR count). The summed E-state index contributed by atoms with van der Waals surface area (Å²) in [6.45, 7) is 7.53. The molecule has 0 atom stereocenters. The van der Waals surface area contributed by atoms with E-state index in [2.05, 4.69) is 5.32 Å². The third-order valence-electron chi connectivity index (χ3n) is 2.70. The molecule has 146 valence electrons. The van der Waals surface area contributed by atoms with Crippen molar-refractivity contribution >= 4 is 22.3 Å². The molecule has 4 N–H and O–H groups in total. The highest BCUT2D eigenvalue weighted by Crippen LogP contribution is 2.34. The molecule has 0 spiro atoms. The van der Waals surface area contributed by atoms with E-state index in [1.807, 2.05) is 20.8 Å². The molecule has 0 aromatic carbocycles. The van der Waals surface area contributed by atoms with Crippen LogP contribution in [0.5, 0.6) is 0 Å². The summed E-state index contributed by atoms with van der Waals surface area (Å²) in [5.74, 6) is -0.375. The Morgan fingerprint density at radius 1 is 1.04 bits per heavy atom. The lowest BCUT2D eigenvalue weighted by molar-refractivity contribution is -0.120. The first-order valence-corrected chi connectivity index (χ1v) is 11.7. The molecule has 1 amide bonds. The smallest absolute Gasteiger partial charge is 0.400 e. The first kappa shape index (κ1) is 25.9. The van der Waals surface area contributed by atoms with Crippen LogP contribution in [0, 0.1) is 0 Å². The fourth-order valence-electron chi connectivity index (χ4n) is 1.87. The number of carbonyl (C=O) groups excluding carboxylic acids is 1. The van der Waals surface area contributed by atoms with Gasteiger partial charge in [-0.3, -0.25) is 9.36 Å². The standard InChI is InChI=1S/C12H28NO7PSi.CH4O/c1-4-18-22(19-5-2,20-6-3)11-7-9-13-12(14)8-10-21(15,16)17;1-2/h4-11H2,1-3H3,(H,13,14)(H2,15,16,17);2H,1H3. The molecule has 0 aliphatic rings. The van der Waals surface area contributed by atoms with Crippen LogP contribution in [-0.2, 0) is 22.6 Å². The molecule has 0 saturated carbocycles. The van der Waals surface area contributed by atoms with E-state index in [9.17, 15) is 9.36 Å². The van der Waals surface area contributed by atoms with E-state index in [0.717, 1.165) is 7.11 Å². The molecule has 0 saturated heterocycles. The van der Waals surface area contributed by atoms with E-state index in [1.165, 1.54) is 0 Å². The SMILES string of the molecule is CCO[Si](CCCNC(=O)CCP(=O)(O)O)(OCC)OCC.CO. The van der Waals surface area contributed by atoms with Crippen molar-refractivity contribution in [2.75, 3.05) is 39.6 Å². The van der Waals surface area contributed by atoms with Gasteiger partial charge in [0.25, 0.3) is 0 Å². The minimum absolute atomic E-state index is 0.185. The largest absolute Gasteiger partial charge is 0.500 e. The van der Waals surface area contributed by atoms with Crippen molar-refractivity contribution in [1.29, 1.82) is 0 Å². The van der Waals surface area contributed by atoms with Gasteiger partial charge in [0.2, 0.25) is 5.91 Å². The number of aliphatic hydroxyl groups is 1. The molecule has 24 heavy (non-hydrogen) atoms. The Balaban J connectivity index is 0. The van der Waals surface area contributed by atoms with Crippen LogP contribution in [0.4, 0.5) is 0 Å². The third-order valence-corrected chi connectivity index (χ3v) is 6.66. The number of nitrogens with one attached hydrogen (secondary N) is 1. The molecule has 0 aromatic heterocycles. The van der Waals surface area contributed by atoms with Gasteiger partial charge in [0.05, 0.1) is 6.16 Å². The summed E-state index contributed by atoms with van der Waals surface area (Å²) < 4.78 is 27.7. The fraction of sp³-hybridized carbons (Fsp3) is 0.923. The molecule has 11 heteroatoms. The molecule has 0 unspecified atom stereocenters. The molecule has 0 heterocycles. The molecule has 0 aliphatic carbocycles. The number of hydrogen-bond acceptors (Lipinski definition) is 6. The molecule has 0 aliphatic heterocycles. The Labute approximate surface area is 145 Å². The maximum atomic E-state index is 11.5. The summed E-state index contributed by atoms with van der Waals surface area (Å²) in [6, 6.07) is 0.585. The zero-order valence-electron chi connectivity index (χ0n) is 15.0. The predicted molar refractivity (Wildman–Crippen MR) is 92.7 cm³/mol. The highest BCUT2D eigenvalue weighted by Gasteiger charge is 2.39. The topological polar surface area (TPSA) is 135 Å². The van der Waals surface area contributed by atoms with Crippen molar-refractivity contribution in [2.24, 2.45) is 0 Å². The molecule has 0 aromatic rings. The highest BCUT2D eigenvalue weighted by atomic mass is 31.2. The fourth-order valence-corrected chi connectivity index (χ4v) is 4.98. The van der Waals surface area contributed by atoms with E-state index < -0.39 is 22.6 Å². The lowest BCUT2D eigenvalue weighted by atomic mass is 10.4. The number of amides is 1. The Morgan fingerprint density at radius 3 is 1.88 bits per heavy atom. The van der Waals surface area contributed by atoms with Crippen LogP contribution >= 0.6 is 7.60 Å². The summed E-state index contributed by atoms with van der Waals surface area (Å²) in [5.41, 5.74) is 0. The second-order valence-corrected chi connectivity index (χ2v) is 9.08. The van der Waals surface area contributed by atoms with Gasteiger partial charge in [-0.2, -0.15) is 0 Å². The lowest BCUT2D eigenvalue weighted by Gasteiger charge is -2.28. The van der Waals surface area contributed by atoms with Crippen LogP contribution in [-0.4, -0.2) is 69.2 Å². The van der Waals surface area contributed by atoms with E-state index in [0.29, 0.717) is 38.8 Å². The molecular formula is C13H32NO8PSi. The summed E-state index contributed by atoms with van der Waals surface area (Å²) >= 11 is 0. The predicted octanol–water partition coefficient (Wildman–Crippen LogP) is 0.717. The monoisotopic (exact) mass is 389 g/mol. The van der Waals surface area contributed by atoms with Gasteiger partial charge in [-0.05, 0) is 27.2 Å². The Hall–Kier alpha value is -0.323. The average molecular weight is 389 g/mol. The van der Waals surface area contributed by atoms with Crippen molar-refractivity contribution < 1.29 is 37.5 Å². The number of aliphatic hydroxyl groups excluding tert-OH is 1. The molecule has 0 bridgehead atoms. The minimum atomic E-state index is -4.13. The Kier molecular flexibility index (Phi) is 16.2. The van der Waals surface area contributed by atoms with Crippen LogP contribution < -0.4 is 5.32 Å². The maximum Gasteiger partial charge on any atom is 0.500 e. The zero-order chi connectivity index (χ0) is 19.1. The quantitative estimate of drug-likeness (QED) is 0.206. The summed E-state index contributed by atoms with van der Waals surface area (Å²) in [4.78, 5) is 28.9. The van der Waals surface area contributed by atoms with Crippen molar-refractivity contribution in [2.45, 2.75) is 39.7 Å². The van der Waals surface area contributed by atoms with Gasteiger partial charge in [-0.25, -0.2) is 0 Å². The van der Waals surface area contributed by atoms with Crippen LogP contribution in [0.15, 0.2) is 0 Å². The second-order valence-electron chi connectivity index (χ2n) is 4.57. The third kappa shape index (κ3) is 14.1. The van der Waals surface area contributed by atoms with Crippen LogP contribution in [0.25, 0.3) is 0 Å². The maximum absolute atomic E-state index is 11.5. The molecule has 0 fully saturated rings. The zero-order valence-corrected chi connectivity index (χ0v) is 16.9. The summed E-state index contributed by atoms with van der Waals surface area (Å²) in [6.07, 6.45) is -0.00252. The van der Waals surface area contributed by atoms with E-state index in [1.54, 1.807) is 0 Å². The van der Waals surface area contributed by atoms with Gasteiger partial charge in [0, 0.05) is 45.9 Å². The van der Waals surface area contributed by atoms with Crippen LogP contribution in [0.2, 0.25) is 6.04 Å². The molecule has 9 nitrogen and oxygen atoms in total. The Bertz CT molecular complexity index is 349. The van der Waals surface area contributed by atoms with Gasteiger partial charge in [0.1, 0.15) is 0 Å². The van der Waals surface area contributed by atoms with Gasteiger partial charge in [-0.1, -0.05) is 0 Å². The normalized spacial score (nSPS) is 11.6. The van der Waals surface area contributed by atoms with Crippen LogP contribution in [0.3, 0.4) is 0 Å². The average Bonchev–Trinajstić information content (AvgIpc) is 2.52. The minimum Gasteiger partial charge on any atom is -0.400 e.